The Hall–Kier alpha value is -4.01. The second-order valence-electron chi connectivity index (χ2n) is 6.46. The lowest BCUT2D eigenvalue weighted by atomic mass is 10.0. The molecule has 9 heteroatoms. The summed E-state index contributed by atoms with van der Waals surface area (Å²) in [5.74, 6) is -0.379. The molecular formula is C21H15F3N4O2. The number of amides is 1. The highest BCUT2D eigenvalue weighted by molar-refractivity contribution is 5.94. The van der Waals surface area contributed by atoms with Gasteiger partial charge in [0.15, 0.2) is 0 Å². The van der Waals surface area contributed by atoms with Crippen LogP contribution in [0, 0.1) is 0 Å². The largest absolute Gasteiger partial charge is 0.573 e. The Morgan fingerprint density at radius 3 is 2.43 bits per heavy atom. The third kappa shape index (κ3) is 4.35. The fourth-order valence-electron chi connectivity index (χ4n) is 2.98. The van der Waals surface area contributed by atoms with E-state index in [4.69, 9.17) is 5.73 Å². The number of nitrogens with zero attached hydrogens (tertiary/aromatic N) is 1. The van der Waals surface area contributed by atoms with E-state index in [0.717, 1.165) is 16.6 Å². The molecule has 152 valence electrons. The van der Waals surface area contributed by atoms with E-state index in [0.29, 0.717) is 22.7 Å². The van der Waals surface area contributed by atoms with Gasteiger partial charge in [0, 0.05) is 11.3 Å². The molecule has 0 atom stereocenters. The predicted octanol–water partition coefficient (Wildman–Crippen LogP) is 4.97. The van der Waals surface area contributed by atoms with Crippen molar-refractivity contribution in [3.63, 3.8) is 0 Å². The average molecular weight is 412 g/mol. The van der Waals surface area contributed by atoms with Gasteiger partial charge >= 0.3 is 6.36 Å². The highest BCUT2D eigenvalue weighted by Crippen LogP contribution is 2.27. The summed E-state index contributed by atoms with van der Waals surface area (Å²) in [6.45, 7) is 0. The van der Waals surface area contributed by atoms with E-state index in [9.17, 15) is 18.0 Å². The van der Waals surface area contributed by atoms with Gasteiger partial charge in [0.1, 0.15) is 5.75 Å². The van der Waals surface area contributed by atoms with Gasteiger partial charge in [-0.25, -0.2) is 4.98 Å². The molecule has 0 aliphatic rings. The zero-order valence-corrected chi connectivity index (χ0v) is 15.3. The molecule has 0 bridgehead atoms. The van der Waals surface area contributed by atoms with Crippen LogP contribution in [-0.2, 0) is 0 Å². The van der Waals surface area contributed by atoms with Gasteiger partial charge in [0.25, 0.3) is 0 Å². The van der Waals surface area contributed by atoms with E-state index in [1.54, 1.807) is 18.2 Å². The second-order valence-corrected chi connectivity index (χ2v) is 6.46. The lowest BCUT2D eigenvalue weighted by Gasteiger charge is -2.09. The molecule has 0 saturated carbocycles. The predicted molar refractivity (Wildman–Crippen MR) is 106 cm³/mol. The van der Waals surface area contributed by atoms with Gasteiger partial charge in [0.05, 0.1) is 11.0 Å². The Labute approximate surface area is 168 Å². The van der Waals surface area contributed by atoms with Gasteiger partial charge in [-0.05, 0) is 59.7 Å². The normalized spacial score (nSPS) is 11.4. The number of halogens is 3. The molecule has 1 aromatic heterocycles. The molecule has 0 unspecified atom stereocenters. The van der Waals surface area contributed by atoms with Crippen molar-refractivity contribution in [1.82, 2.24) is 9.97 Å². The van der Waals surface area contributed by atoms with Crippen LogP contribution in [0.4, 0.5) is 24.8 Å². The van der Waals surface area contributed by atoms with Gasteiger partial charge in [-0.1, -0.05) is 18.2 Å². The van der Waals surface area contributed by atoms with Crippen molar-refractivity contribution in [2.24, 2.45) is 5.73 Å². The second kappa shape index (κ2) is 7.43. The third-order valence-corrected chi connectivity index (χ3v) is 4.31. The fourth-order valence-corrected chi connectivity index (χ4v) is 2.98. The summed E-state index contributed by atoms with van der Waals surface area (Å²) in [6.07, 6.45) is -4.73. The lowest BCUT2D eigenvalue weighted by molar-refractivity contribution is -0.274. The van der Waals surface area contributed by atoms with E-state index >= 15 is 0 Å². The Morgan fingerprint density at radius 2 is 1.73 bits per heavy atom. The van der Waals surface area contributed by atoms with Crippen LogP contribution in [-0.4, -0.2) is 22.2 Å². The highest BCUT2D eigenvalue weighted by atomic mass is 19.4. The van der Waals surface area contributed by atoms with Crippen molar-refractivity contribution < 1.29 is 22.7 Å². The number of rotatable bonds is 5. The Bertz CT molecular complexity index is 1220. The number of aromatic nitrogens is 2. The van der Waals surface area contributed by atoms with Crippen LogP contribution in [0.1, 0.15) is 10.4 Å². The summed E-state index contributed by atoms with van der Waals surface area (Å²) >= 11 is 0. The number of carbonyl (C=O) groups is 1. The number of anilines is 2. The quantitative estimate of drug-likeness (QED) is 0.431. The van der Waals surface area contributed by atoms with Crippen LogP contribution in [0.25, 0.3) is 22.2 Å². The molecule has 4 N–H and O–H groups in total. The molecule has 30 heavy (non-hydrogen) atoms. The minimum absolute atomic E-state index is 0.305. The van der Waals surface area contributed by atoms with Crippen molar-refractivity contribution in [3.05, 3.63) is 72.3 Å². The third-order valence-electron chi connectivity index (χ3n) is 4.31. The van der Waals surface area contributed by atoms with Gasteiger partial charge in [-0.3, -0.25) is 4.79 Å². The number of primary amides is 1. The molecule has 6 nitrogen and oxygen atoms in total. The summed E-state index contributed by atoms with van der Waals surface area (Å²) in [6, 6.07) is 17.9. The van der Waals surface area contributed by atoms with Gasteiger partial charge in [-0.15, -0.1) is 13.2 Å². The number of H-pyrrole nitrogens is 1. The number of nitrogens with one attached hydrogen (secondary N) is 2. The monoisotopic (exact) mass is 412 g/mol. The molecule has 0 fully saturated rings. The molecule has 0 spiro atoms. The zero-order chi connectivity index (χ0) is 21.3. The van der Waals surface area contributed by atoms with Gasteiger partial charge in [0.2, 0.25) is 11.9 Å². The van der Waals surface area contributed by atoms with Crippen LogP contribution in [0.3, 0.4) is 0 Å². The summed E-state index contributed by atoms with van der Waals surface area (Å²) in [4.78, 5) is 18.9. The van der Waals surface area contributed by atoms with Crippen LogP contribution in [0.2, 0.25) is 0 Å². The number of fused-ring (bicyclic) bond motifs is 1. The average Bonchev–Trinajstić information content (AvgIpc) is 3.10. The molecule has 0 aliphatic carbocycles. The summed E-state index contributed by atoms with van der Waals surface area (Å²) in [5.41, 5.74) is 9.44. The van der Waals surface area contributed by atoms with E-state index < -0.39 is 12.3 Å². The number of benzene rings is 3. The lowest BCUT2D eigenvalue weighted by Crippen LogP contribution is -2.16. The maximum atomic E-state index is 12.2. The first-order valence-corrected chi connectivity index (χ1v) is 8.80. The van der Waals surface area contributed by atoms with Crippen LogP contribution < -0.4 is 15.8 Å². The van der Waals surface area contributed by atoms with E-state index in [1.807, 2.05) is 24.3 Å². The molecule has 0 saturated heterocycles. The number of nitrogens with two attached hydrogens (primary N) is 1. The molecule has 4 rings (SSSR count). The van der Waals surface area contributed by atoms with Crippen molar-refractivity contribution in [3.8, 4) is 16.9 Å². The minimum Gasteiger partial charge on any atom is -0.406 e. The summed E-state index contributed by atoms with van der Waals surface area (Å²) < 4.78 is 40.6. The van der Waals surface area contributed by atoms with E-state index in [1.165, 1.54) is 24.3 Å². The summed E-state index contributed by atoms with van der Waals surface area (Å²) in [7, 11) is 0. The maximum absolute atomic E-state index is 12.2. The molecular weight excluding hydrogens is 397 g/mol. The number of imidazole rings is 1. The zero-order valence-electron chi connectivity index (χ0n) is 15.3. The fraction of sp³-hybridized carbons (Fsp3) is 0.0476. The first-order chi connectivity index (χ1) is 14.3. The van der Waals surface area contributed by atoms with Crippen molar-refractivity contribution in [1.29, 1.82) is 0 Å². The molecule has 0 aliphatic heterocycles. The first kappa shape index (κ1) is 19.3. The Kier molecular flexibility index (Phi) is 4.78. The molecule has 4 aromatic rings. The van der Waals surface area contributed by atoms with Crippen molar-refractivity contribution in [2.45, 2.75) is 6.36 Å². The Morgan fingerprint density at radius 1 is 1.00 bits per heavy atom. The van der Waals surface area contributed by atoms with Crippen molar-refractivity contribution in [2.75, 3.05) is 5.32 Å². The number of hydrogen-bond donors (Lipinski definition) is 3. The minimum atomic E-state index is -4.73. The number of carbonyl (C=O) groups excluding carboxylic acids is 1. The van der Waals surface area contributed by atoms with E-state index in [2.05, 4.69) is 20.0 Å². The first-order valence-electron chi connectivity index (χ1n) is 8.80. The number of aromatic amines is 1. The SMILES string of the molecule is NC(=O)c1cccc(-c2ccc3nc(Nc4ccc(OC(F)(F)F)cc4)[nH]c3c2)c1. The topological polar surface area (TPSA) is 93.0 Å². The van der Waals surface area contributed by atoms with Gasteiger partial charge < -0.3 is 20.8 Å². The number of hydrogen-bond acceptors (Lipinski definition) is 4. The Balaban J connectivity index is 1.55. The standard InChI is InChI=1S/C21H15F3N4O2/c22-21(23,24)30-16-7-5-15(6-8-16)26-20-27-17-9-4-13(11-18(17)28-20)12-2-1-3-14(10-12)19(25)29/h1-11H,(H2,25,29)(H2,26,27,28). The van der Waals surface area contributed by atoms with Crippen LogP contribution >= 0.6 is 0 Å². The maximum Gasteiger partial charge on any atom is 0.573 e. The van der Waals surface area contributed by atoms with Crippen LogP contribution in [0.5, 0.6) is 5.75 Å². The van der Waals surface area contributed by atoms with Gasteiger partial charge in [-0.2, -0.15) is 0 Å². The molecule has 1 amide bonds. The number of ether oxygens (including phenoxy) is 1. The smallest absolute Gasteiger partial charge is 0.406 e. The summed E-state index contributed by atoms with van der Waals surface area (Å²) in [5, 5.41) is 3.00. The van der Waals surface area contributed by atoms with Crippen LogP contribution in [0.15, 0.2) is 66.7 Å². The van der Waals surface area contributed by atoms with Crippen molar-refractivity contribution >= 4 is 28.6 Å². The van der Waals surface area contributed by atoms with E-state index in [-0.39, 0.29) is 5.75 Å². The molecule has 3 aromatic carbocycles. The number of alkyl halides is 3. The highest BCUT2D eigenvalue weighted by Gasteiger charge is 2.30. The molecule has 1 heterocycles. The molecule has 0 radical (unpaired) electrons.